The molecule has 0 aliphatic rings. The Kier molecular flexibility index (Phi) is 5.93. The van der Waals surface area contributed by atoms with Crippen molar-refractivity contribution in [2.75, 3.05) is 5.32 Å². The van der Waals surface area contributed by atoms with Crippen molar-refractivity contribution in [2.45, 2.75) is 20.4 Å². The first-order valence-electron chi connectivity index (χ1n) is 10.5. The lowest BCUT2D eigenvalue weighted by Crippen LogP contribution is -2.03. The highest BCUT2D eigenvalue weighted by Gasteiger charge is 2.13. The SMILES string of the molecule is CC(C)Cn1cnc2c(Oc3ccc(-c4cnc(Nc5ccc(Cl)cc5)s4)cc3)ncnc21. The molecule has 5 aromatic rings. The first-order chi connectivity index (χ1) is 16.0. The van der Waals surface area contributed by atoms with Crippen molar-refractivity contribution in [2.24, 2.45) is 5.92 Å². The predicted molar refractivity (Wildman–Crippen MR) is 133 cm³/mol. The van der Waals surface area contributed by atoms with Gasteiger partial charge < -0.3 is 14.6 Å². The number of anilines is 2. The summed E-state index contributed by atoms with van der Waals surface area (Å²) in [7, 11) is 0. The summed E-state index contributed by atoms with van der Waals surface area (Å²) >= 11 is 7.52. The average Bonchev–Trinajstić information content (AvgIpc) is 3.44. The van der Waals surface area contributed by atoms with Crippen LogP contribution in [-0.4, -0.2) is 24.5 Å². The molecule has 5 rings (SSSR count). The van der Waals surface area contributed by atoms with E-state index in [-0.39, 0.29) is 0 Å². The van der Waals surface area contributed by atoms with Crippen molar-refractivity contribution in [1.29, 1.82) is 0 Å². The quantitative estimate of drug-likeness (QED) is 0.278. The van der Waals surface area contributed by atoms with Gasteiger partial charge in [0.05, 0.1) is 11.2 Å². The van der Waals surface area contributed by atoms with E-state index in [1.165, 1.54) is 6.33 Å². The van der Waals surface area contributed by atoms with Gasteiger partial charge in [0.2, 0.25) is 0 Å². The largest absolute Gasteiger partial charge is 0.437 e. The van der Waals surface area contributed by atoms with Crippen LogP contribution in [0.2, 0.25) is 5.02 Å². The fourth-order valence-electron chi connectivity index (χ4n) is 3.38. The molecule has 7 nitrogen and oxygen atoms in total. The smallest absolute Gasteiger partial charge is 0.250 e. The monoisotopic (exact) mass is 476 g/mol. The van der Waals surface area contributed by atoms with Crippen LogP contribution in [0.3, 0.4) is 0 Å². The lowest BCUT2D eigenvalue weighted by Gasteiger charge is -2.08. The lowest BCUT2D eigenvalue weighted by molar-refractivity contribution is 0.467. The molecule has 1 N–H and O–H groups in total. The summed E-state index contributed by atoms with van der Waals surface area (Å²) in [6.07, 6.45) is 5.15. The fourth-order valence-corrected chi connectivity index (χ4v) is 4.35. The van der Waals surface area contributed by atoms with E-state index >= 15 is 0 Å². The number of hydrogen-bond acceptors (Lipinski definition) is 7. The van der Waals surface area contributed by atoms with E-state index in [0.29, 0.717) is 28.1 Å². The minimum atomic E-state index is 0.447. The van der Waals surface area contributed by atoms with Crippen molar-refractivity contribution < 1.29 is 4.74 Å². The van der Waals surface area contributed by atoms with Gasteiger partial charge >= 0.3 is 0 Å². The standard InChI is InChI=1S/C24H21ClN6OS/c1-15(2)12-31-14-29-21-22(31)27-13-28-23(21)32-19-9-3-16(4-10-19)20-11-26-24(33-20)30-18-7-5-17(25)6-8-18/h3-11,13-15H,12H2,1-2H3,(H,26,30). The number of thiazole rings is 1. The highest BCUT2D eigenvalue weighted by atomic mass is 35.5. The van der Waals surface area contributed by atoms with Crippen LogP contribution < -0.4 is 10.1 Å². The molecule has 0 spiro atoms. The van der Waals surface area contributed by atoms with Gasteiger partial charge in [0.15, 0.2) is 16.3 Å². The van der Waals surface area contributed by atoms with Crippen LogP contribution in [0.15, 0.2) is 67.4 Å². The maximum Gasteiger partial charge on any atom is 0.250 e. The van der Waals surface area contributed by atoms with Gasteiger partial charge in [0, 0.05) is 23.5 Å². The van der Waals surface area contributed by atoms with Crippen LogP contribution in [0.4, 0.5) is 10.8 Å². The van der Waals surface area contributed by atoms with E-state index < -0.39 is 0 Å². The number of imidazole rings is 1. The van der Waals surface area contributed by atoms with Gasteiger partial charge in [-0.15, -0.1) is 0 Å². The second kappa shape index (κ2) is 9.17. The van der Waals surface area contributed by atoms with E-state index in [4.69, 9.17) is 16.3 Å². The molecule has 0 bridgehead atoms. The summed E-state index contributed by atoms with van der Waals surface area (Å²) in [4.78, 5) is 18.7. The number of rotatable bonds is 7. The number of hydrogen-bond donors (Lipinski definition) is 1. The van der Waals surface area contributed by atoms with Crippen LogP contribution in [-0.2, 0) is 6.54 Å². The third-order valence-electron chi connectivity index (χ3n) is 4.88. The molecular weight excluding hydrogens is 456 g/mol. The minimum absolute atomic E-state index is 0.447. The molecule has 0 amide bonds. The first-order valence-corrected chi connectivity index (χ1v) is 11.7. The second-order valence-corrected chi connectivity index (χ2v) is 9.40. The van der Waals surface area contributed by atoms with Crippen LogP contribution >= 0.6 is 22.9 Å². The zero-order valence-corrected chi connectivity index (χ0v) is 19.6. The number of halogens is 1. The topological polar surface area (TPSA) is 77.8 Å². The van der Waals surface area contributed by atoms with E-state index in [1.807, 2.05) is 59.3 Å². The predicted octanol–water partition coefficient (Wildman–Crippen LogP) is 6.80. The van der Waals surface area contributed by atoms with Crippen LogP contribution in [0.5, 0.6) is 11.6 Å². The molecule has 0 radical (unpaired) electrons. The number of nitrogens with zero attached hydrogens (tertiary/aromatic N) is 5. The fraction of sp³-hybridized carbons (Fsp3) is 0.167. The molecule has 3 heterocycles. The Morgan fingerprint density at radius 3 is 2.55 bits per heavy atom. The highest BCUT2D eigenvalue weighted by molar-refractivity contribution is 7.18. The van der Waals surface area contributed by atoms with E-state index in [1.54, 1.807) is 17.7 Å². The van der Waals surface area contributed by atoms with Crippen molar-refractivity contribution in [3.8, 4) is 22.1 Å². The molecule has 0 unspecified atom stereocenters. The molecule has 0 saturated carbocycles. The van der Waals surface area contributed by atoms with E-state index in [2.05, 4.69) is 39.1 Å². The van der Waals surface area contributed by atoms with Gasteiger partial charge in [-0.3, -0.25) is 0 Å². The summed E-state index contributed by atoms with van der Waals surface area (Å²) in [6, 6.07) is 15.4. The van der Waals surface area contributed by atoms with Crippen LogP contribution in [0, 0.1) is 5.92 Å². The van der Waals surface area contributed by atoms with Crippen molar-refractivity contribution >= 4 is 44.9 Å². The molecule has 0 saturated heterocycles. The number of aromatic nitrogens is 5. The Bertz CT molecular complexity index is 1380. The Morgan fingerprint density at radius 1 is 1.00 bits per heavy atom. The Labute approximate surface area is 200 Å². The summed E-state index contributed by atoms with van der Waals surface area (Å²) in [5.41, 5.74) is 3.42. The Morgan fingerprint density at radius 2 is 1.79 bits per heavy atom. The zero-order chi connectivity index (χ0) is 22.8. The van der Waals surface area contributed by atoms with Crippen molar-refractivity contribution in [3.63, 3.8) is 0 Å². The maximum atomic E-state index is 6.03. The summed E-state index contributed by atoms with van der Waals surface area (Å²) in [6.45, 7) is 5.16. The molecule has 0 fully saturated rings. The van der Waals surface area contributed by atoms with Gasteiger partial charge in [-0.25, -0.2) is 15.0 Å². The number of ether oxygens (including phenoxy) is 1. The van der Waals surface area contributed by atoms with Crippen LogP contribution in [0.25, 0.3) is 21.6 Å². The molecule has 2 aromatic carbocycles. The molecule has 33 heavy (non-hydrogen) atoms. The number of benzene rings is 2. The minimum Gasteiger partial charge on any atom is -0.437 e. The van der Waals surface area contributed by atoms with Crippen LogP contribution in [0.1, 0.15) is 13.8 Å². The van der Waals surface area contributed by atoms with E-state index in [0.717, 1.165) is 33.5 Å². The van der Waals surface area contributed by atoms with E-state index in [9.17, 15) is 0 Å². The molecule has 9 heteroatoms. The third kappa shape index (κ3) is 4.81. The van der Waals surface area contributed by atoms with Gasteiger partial charge in [0.1, 0.15) is 12.1 Å². The lowest BCUT2D eigenvalue weighted by atomic mass is 10.2. The van der Waals surface area contributed by atoms with Crippen molar-refractivity contribution in [1.82, 2.24) is 24.5 Å². The zero-order valence-electron chi connectivity index (χ0n) is 18.1. The first kappa shape index (κ1) is 21.4. The molecule has 0 aliphatic heterocycles. The molecule has 166 valence electrons. The summed E-state index contributed by atoms with van der Waals surface area (Å²) < 4.78 is 8.06. The number of fused-ring (bicyclic) bond motifs is 1. The average molecular weight is 477 g/mol. The molecular formula is C24H21ClN6OS. The molecule has 0 aliphatic carbocycles. The second-order valence-electron chi connectivity index (χ2n) is 7.93. The van der Waals surface area contributed by atoms with Gasteiger partial charge in [0.25, 0.3) is 5.88 Å². The maximum absolute atomic E-state index is 6.03. The Balaban J connectivity index is 1.31. The Hall–Kier alpha value is -3.49. The summed E-state index contributed by atoms with van der Waals surface area (Å²) in [5, 5.41) is 4.81. The number of nitrogens with one attached hydrogen (secondary N) is 1. The van der Waals surface area contributed by atoms with Gasteiger partial charge in [-0.05, 0) is 60.0 Å². The van der Waals surface area contributed by atoms with Gasteiger partial charge in [-0.1, -0.05) is 36.8 Å². The molecule has 0 atom stereocenters. The highest BCUT2D eigenvalue weighted by Crippen LogP contribution is 2.33. The third-order valence-corrected chi connectivity index (χ3v) is 6.10. The summed E-state index contributed by atoms with van der Waals surface area (Å²) in [5.74, 6) is 1.62. The normalized spacial score (nSPS) is 11.3. The molecule has 3 aromatic heterocycles. The van der Waals surface area contributed by atoms with Gasteiger partial charge in [-0.2, -0.15) is 4.98 Å². The van der Waals surface area contributed by atoms with Crippen molar-refractivity contribution in [3.05, 3.63) is 72.4 Å².